The standard InChI is InChI=1S/C21H20ClNO4S2/c22-19-5-2-1-4-17(19)15-26-14-16-7-8-20-18(12-16)13-23(9-10-27-20)29(24,25)21-6-3-11-28-21/h1-8,11-12H,9-10,13-15H2. The van der Waals surface area contributed by atoms with Crippen molar-refractivity contribution in [2.75, 3.05) is 13.2 Å². The van der Waals surface area contributed by atoms with Crippen molar-refractivity contribution >= 4 is 33.0 Å². The first kappa shape index (κ1) is 20.4. The third-order valence-electron chi connectivity index (χ3n) is 4.64. The van der Waals surface area contributed by atoms with Gasteiger partial charge in [0.1, 0.15) is 16.6 Å². The van der Waals surface area contributed by atoms with Gasteiger partial charge < -0.3 is 9.47 Å². The number of halogens is 1. The van der Waals surface area contributed by atoms with Crippen molar-refractivity contribution in [2.24, 2.45) is 0 Å². The van der Waals surface area contributed by atoms with Crippen molar-refractivity contribution in [3.63, 3.8) is 0 Å². The van der Waals surface area contributed by atoms with Crippen LogP contribution in [0.25, 0.3) is 0 Å². The van der Waals surface area contributed by atoms with Gasteiger partial charge in [0.05, 0.1) is 13.2 Å². The predicted molar refractivity (Wildman–Crippen MR) is 114 cm³/mol. The molecule has 29 heavy (non-hydrogen) atoms. The van der Waals surface area contributed by atoms with E-state index in [1.165, 1.54) is 15.6 Å². The Morgan fingerprint density at radius 1 is 1.10 bits per heavy atom. The smallest absolute Gasteiger partial charge is 0.252 e. The largest absolute Gasteiger partial charge is 0.492 e. The maximum Gasteiger partial charge on any atom is 0.252 e. The van der Waals surface area contributed by atoms with Gasteiger partial charge in [-0.15, -0.1) is 11.3 Å². The van der Waals surface area contributed by atoms with Crippen LogP contribution < -0.4 is 4.74 Å². The lowest BCUT2D eigenvalue weighted by Crippen LogP contribution is -2.32. The maximum atomic E-state index is 12.9. The molecule has 2 heterocycles. The normalized spacial score (nSPS) is 14.8. The van der Waals surface area contributed by atoms with Crippen LogP contribution in [-0.4, -0.2) is 25.9 Å². The van der Waals surface area contributed by atoms with Gasteiger partial charge in [-0.25, -0.2) is 8.42 Å². The van der Waals surface area contributed by atoms with E-state index in [2.05, 4.69) is 0 Å². The number of sulfonamides is 1. The Kier molecular flexibility index (Phi) is 6.22. The lowest BCUT2D eigenvalue weighted by atomic mass is 10.1. The summed E-state index contributed by atoms with van der Waals surface area (Å²) >= 11 is 7.39. The zero-order valence-corrected chi connectivity index (χ0v) is 18.0. The molecule has 0 saturated carbocycles. The highest BCUT2D eigenvalue weighted by Crippen LogP contribution is 2.29. The Balaban J connectivity index is 1.48. The molecule has 3 aromatic rings. The van der Waals surface area contributed by atoms with Crippen LogP contribution in [0.3, 0.4) is 0 Å². The fourth-order valence-corrected chi connectivity index (χ4v) is 5.89. The predicted octanol–water partition coefficient (Wildman–Crippen LogP) is 4.70. The van der Waals surface area contributed by atoms with E-state index >= 15 is 0 Å². The van der Waals surface area contributed by atoms with Crippen LogP contribution in [0.2, 0.25) is 5.02 Å². The molecule has 0 saturated heterocycles. The molecular formula is C21H20ClNO4S2. The Labute approximate surface area is 179 Å². The van der Waals surface area contributed by atoms with Crippen LogP contribution in [0.4, 0.5) is 0 Å². The number of hydrogen-bond acceptors (Lipinski definition) is 5. The summed E-state index contributed by atoms with van der Waals surface area (Å²) in [5, 5.41) is 2.45. The quantitative estimate of drug-likeness (QED) is 0.547. The SMILES string of the molecule is O=S(=O)(c1cccs1)N1CCOc2ccc(COCc3ccccc3Cl)cc2C1. The van der Waals surface area contributed by atoms with Gasteiger partial charge in [0, 0.05) is 23.7 Å². The topological polar surface area (TPSA) is 55.8 Å². The van der Waals surface area contributed by atoms with Gasteiger partial charge in [-0.2, -0.15) is 4.31 Å². The molecule has 0 spiro atoms. The van der Waals surface area contributed by atoms with E-state index in [1.807, 2.05) is 42.5 Å². The number of benzene rings is 2. The molecule has 1 aliphatic rings. The molecule has 0 amide bonds. The number of thiophene rings is 1. The first-order valence-electron chi connectivity index (χ1n) is 9.13. The summed E-state index contributed by atoms with van der Waals surface area (Å²) in [6.07, 6.45) is 0. The molecule has 0 fully saturated rings. The molecule has 1 aromatic heterocycles. The van der Waals surface area contributed by atoms with Crippen LogP contribution in [0.5, 0.6) is 5.75 Å². The molecule has 0 aliphatic carbocycles. The maximum absolute atomic E-state index is 12.9. The Morgan fingerprint density at radius 3 is 2.76 bits per heavy atom. The van der Waals surface area contributed by atoms with Crippen LogP contribution in [-0.2, 0) is 34.5 Å². The van der Waals surface area contributed by atoms with Crippen LogP contribution in [0.15, 0.2) is 64.2 Å². The highest BCUT2D eigenvalue weighted by atomic mass is 35.5. The van der Waals surface area contributed by atoms with Gasteiger partial charge in [-0.05, 0) is 40.8 Å². The minimum Gasteiger partial charge on any atom is -0.492 e. The summed E-state index contributed by atoms with van der Waals surface area (Å²) in [5.41, 5.74) is 2.72. The lowest BCUT2D eigenvalue weighted by Gasteiger charge is -2.18. The molecule has 4 rings (SSSR count). The van der Waals surface area contributed by atoms with E-state index in [4.69, 9.17) is 21.1 Å². The van der Waals surface area contributed by atoms with Crippen LogP contribution in [0.1, 0.15) is 16.7 Å². The number of hydrogen-bond donors (Lipinski definition) is 0. The van der Waals surface area contributed by atoms with Gasteiger partial charge in [-0.3, -0.25) is 0 Å². The third kappa shape index (κ3) is 4.65. The lowest BCUT2D eigenvalue weighted by molar-refractivity contribution is 0.107. The average molecular weight is 450 g/mol. The summed E-state index contributed by atoms with van der Waals surface area (Å²) in [5.74, 6) is 0.712. The zero-order chi connectivity index (χ0) is 20.3. The van der Waals surface area contributed by atoms with E-state index in [0.29, 0.717) is 41.3 Å². The summed E-state index contributed by atoms with van der Waals surface area (Å²) in [6, 6.07) is 16.7. The third-order valence-corrected chi connectivity index (χ3v) is 8.23. The highest BCUT2D eigenvalue weighted by Gasteiger charge is 2.28. The van der Waals surface area contributed by atoms with Gasteiger partial charge in [0.25, 0.3) is 10.0 Å². The summed E-state index contributed by atoms with van der Waals surface area (Å²) in [6.45, 7) is 1.71. The highest BCUT2D eigenvalue weighted by molar-refractivity contribution is 7.91. The molecule has 0 radical (unpaired) electrons. The number of fused-ring (bicyclic) bond motifs is 1. The first-order valence-corrected chi connectivity index (χ1v) is 11.8. The minimum atomic E-state index is -3.53. The Morgan fingerprint density at radius 2 is 1.97 bits per heavy atom. The minimum absolute atomic E-state index is 0.272. The van der Waals surface area contributed by atoms with Crippen molar-refractivity contribution < 1.29 is 17.9 Å². The first-order chi connectivity index (χ1) is 14.0. The van der Waals surface area contributed by atoms with Crippen molar-refractivity contribution in [1.29, 1.82) is 0 Å². The zero-order valence-electron chi connectivity index (χ0n) is 15.6. The fraction of sp³-hybridized carbons (Fsp3) is 0.238. The second-order valence-electron chi connectivity index (χ2n) is 6.65. The molecule has 0 unspecified atom stereocenters. The molecule has 2 aromatic carbocycles. The van der Waals surface area contributed by atoms with Gasteiger partial charge >= 0.3 is 0 Å². The number of nitrogens with zero attached hydrogens (tertiary/aromatic N) is 1. The van der Waals surface area contributed by atoms with Crippen molar-refractivity contribution in [2.45, 2.75) is 24.0 Å². The molecule has 152 valence electrons. The van der Waals surface area contributed by atoms with Gasteiger partial charge in [0.15, 0.2) is 0 Å². The van der Waals surface area contributed by atoms with Crippen LogP contribution >= 0.6 is 22.9 Å². The molecule has 1 aliphatic heterocycles. The number of rotatable bonds is 6. The van der Waals surface area contributed by atoms with E-state index in [1.54, 1.807) is 17.5 Å². The summed E-state index contributed by atoms with van der Waals surface area (Å²) in [7, 11) is -3.53. The molecule has 0 N–H and O–H groups in total. The van der Waals surface area contributed by atoms with E-state index in [0.717, 1.165) is 16.7 Å². The second kappa shape index (κ2) is 8.85. The van der Waals surface area contributed by atoms with Gasteiger partial charge in [-0.1, -0.05) is 41.9 Å². The Hall–Kier alpha value is -1.90. The molecule has 5 nitrogen and oxygen atoms in total. The van der Waals surface area contributed by atoms with Gasteiger partial charge in [0.2, 0.25) is 0 Å². The molecule has 0 atom stereocenters. The van der Waals surface area contributed by atoms with Crippen LogP contribution in [0, 0.1) is 0 Å². The number of ether oxygens (including phenoxy) is 2. The molecular weight excluding hydrogens is 430 g/mol. The van der Waals surface area contributed by atoms with E-state index in [9.17, 15) is 8.42 Å². The molecule has 8 heteroatoms. The monoisotopic (exact) mass is 449 g/mol. The van der Waals surface area contributed by atoms with E-state index < -0.39 is 10.0 Å². The van der Waals surface area contributed by atoms with Crippen molar-refractivity contribution in [3.8, 4) is 5.75 Å². The summed E-state index contributed by atoms with van der Waals surface area (Å²) < 4.78 is 39.2. The Bertz CT molecular complexity index is 1080. The summed E-state index contributed by atoms with van der Waals surface area (Å²) in [4.78, 5) is 0. The van der Waals surface area contributed by atoms with E-state index in [-0.39, 0.29) is 6.54 Å². The van der Waals surface area contributed by atoms with Crippen molar-refractivity contribution in [3.05, 3.63) is 81.7 Å². The molecule has 0 bridgehead atoms. The second-order valence-corrected chi connectivity index (χ2v) is 10.2. The average Bonchev–Trinajstić information content (AvgIpc) is 3.17. The van der Waals surface area contributed by atoms with Crippen molar-refractivity contribution in [1.82, 2.24) is 4.31 Å². The fourth-order valence-electron chi connectivity index (χ4n) is 3.15.